The smallest absolute Gasteiger partial charge is 0.198 e. The number of carbonyl (C=O) groups is 1. The van der Waals surface area contributed by atoms with Gasteiger partial charge >= 0.3 is 0 Å². The molecule has 4 nitrogen and oxygen atoms in total. The molecule has 1 heterocycles. The van der Waals surface area contributed by atoms with E-state index < -0.39 is 6.04 Å². The first-order valence-electron chi connectivity index (χ1n) is 5.85. The van der Waals surface area contributed by atoms with Gasteiger partial charge < -0.3 is 10.2 Å². The molecule has 0 saturated heterocycles. The Bertz CT molecular complexity index is 582. The Morgan fingerprint density at radius 3 is 2.94 bits per heavy atom. The van der Waals surface area contributed by atoms with E-state index in [1.54, 1.807) is 25.1 Å². The van der Waals surface area contributed by atoms with Crippen molar-refractivity contribution < 1.29 is 9.21 Å². The van der Waals surface area contributed by atoms with Gasteiger partial charge in [-0.1, -0.05) is 0 Å². The molecule has 1 saturated carbocycles. The van der Waals surface area contributed by atoms with Gasteiger partial charge in [0, 0.05) is 11.5 Å². The van der Waals surface area contributed by atoms with Crippen LogP contribution in [0.4, 0.5) is 0 Å². The van der Waals surface area contributed by atoms with Gasteiger partial charge in [-0.15, -0.1) is 0 Å². The third kappa shape index (κ3) is 1.85. The summed E-state index contributed by atoms with van der Waals surface area (Å²) in [5, 5.41) is 0. The van der Waals surface area contributed by atoms with E-state index in [9.17, 15) is 4.79 Å². The van der Waals surface area contributed by atoms with Gasteiger partial charge in [-0.05, 0) is 38.0 Å². The van der Waals surface area contributed by atoms with Crippen LogP contribution in [0.15, 0.2) is 22.6 Å². The molecule has 88 valence electrons. The molecule has 3 rings (SSSR count). The molecule has 17 heavy (non-hydrogen) atoms. The molecule has 0 aliphatic heterocycles. The molecule has 0 amide bonds. The number of hydrogen-bond acceptors (Lipinski definition) is 4. The number of hydrogen-bond donors (Lipinski definition) is 1. The van der Waals surface area contributed by atoms with Crippen LogP contribution in [-0.4, -0.2) is 16.8 Å². The third-order valence-corrected chi connectivity index (χ3v) is 3.03. The highest BCUT2D eigenvalue weighted by Crippen LogP contribution is 2.40. The Kier molecular flexibility index (Phi) is 2.26. The van der Waals surface area contributed by atoms with Gasteiger partial charge in [-0.3, -0.25) is 4.79 Å². The minimum Gasteiger partial charge on any atom is -0.440 e. The Hall–Kier alpha value is -1.68. The fraction of sp³-hybridized carbons (Fsp3) is 0.385. The van der Waals surface area contributed by atoms with E-state index in [1.165, 1.54) is 0 Å². The second-order valence-electron chi connectivity index (χ2n) is 4.66. The van der Waals surface area contributed by atoms with Crippen molar-refractivity contribution in [2.45, 2.75) is 31.7 Å². The summed E-state index contributed by atoms with van der Waals surface area (Å²) in [6.07, 6.45) is 2.30. The van der Waals surface area contributed by atoms with E-state index in [0.717, 1.165) is 29.8 Å². The molecule has 4 heteroatoms. The van der Waals surface area contributed by atoms with Crippen LogP contribution in [0.2, 0.25) is 0 Å². The lowest BCUT2D eigenvalue weighted by molar-refractivity contribution is 0.0968. The Labute approximate surface area is 98.8 Å². The van der Waals surface area contributed by atoms with Gasteiger partial charge in [0.15, 0.2) is 17.3 Å². The fourth-order valence-corrected chi connectivity index (χ4v) is 1.87. The summed E-state index contributed by atoms with van der Waals surface area (Å²) < 4.78 is 5.63. The van der Waals surface area contributed by atoms with E-state index in [2.05, 4.69) is 4.98 Å². The van der Waals surface area contributed by atoms with Gasteiger partial charge in [0.2, 0.25) is 0 Å². The van der Waals surface area contributed by atoms with Crippen molar-refractivity contribution in [2.24, 2.45) is 5.73 Å². The summed E-state index contributed by atoms with van der Waals surface area (Å²) in [5.41, 5.74) is 7.67. The molecule has 1 atom stereocenters. The number of Topliss-reactive ketones (excluding diaryl/α,β-unsaturated/α-hetero) is 1. The van der Waals surface area contributed by atoms with Gasteiger partial charge in [-0.25, -0.2) is 4.98 Å². The van der Waals surface area contributed by atoms with Gasteiger partial charge in [0.1, 0.15) is 5.52 Å². The van der Waals surface area contributed by atoms with Crippen LogP contribution >= 0.6 is 0 Å². The van der Waals surface area contributed by atoms with Crippen molar-refractivity contribution in [1.82, 2.24) is 4.98 Å². The Morgan fingerprint density at radius 1 is 1.53 bits per heavy atom. The largest absolute Gasteiger partial charge is 0.440 e. The van der Waals surface area contributed by atoms with Crippen LogP contribution in [0.3, 0.4) is 0 Å². The summed E-state index contributed by atoms with van der Waals surface area (Å²) in [6.45, 7) is 1.69. The number of ketones is 1. The summed E-state index contributed by atoms with van der Waals surface area (Å²) in [6, 6.07) is 4.82. The zero-order valence-electron chi connectivity index (χ0n) is 9.64. The second-order valence-corrected chi connectivity index (χ2v) is 4.66. The monoisotopic (exact) mass is 230 g/mol. The van der Waals surface area contributed by atoms with Crippen molar-refractivity contribution in [3.8, 4) is 0 Å². The number of carbonyl (C=O) groups excluding carboxylic acids is 1. The maximum Gasteiger partial charge on any atom is 0.198 e. The highest BCUT2D eigenvalue weighted by molar-refractivity contribution is 6.01. The molecule has 1 fully saturated rings. The summed E-state index contributed by atoms with van der Waals surface area (Å²) in [7, 11) is 0. The minimum atomic E-state index is -0.484. The number of benzene rings is 1. The van der Waals surface area contributed by atoms with Gasteiger partial charge in [0.25, 0.3) is 0 Å². The topological polar surface area (TPSA) is 69.1 Å². The van der Waals surface area contributed by atoms with E-state index in [4.69, 9.17) is 10.2 Å². The van der Waals surface area contributed by atoms with Gasteiger partial charge in [0.05, 0.1) is 6.04 Å². The minimum absolute atomic E-state index is 0.0668. The van der Waals surface area contributed by atoms with E-state index in [1.807, 2.05) is 0 Å². The fourth-order valence-electron chi connectivity index (χ4n) is 1.87. The second kappa shape index (κ2) is 3.67. The molecule has 1 unspecified atom stereocenters. The van der Waals surface area contributed by atoms with Crippen LogP contribution in [0.1, 0.15) is 41.9 Å². The number of fused-ring (bicyclic) bond motifs is 1. The SMILES string of the molecule is CC(N)C(=O)c1ccc2oc(C3CC3)nc2c1. The predicted octanol–water partition coefficient (Wildman–Crippen LogP) is 2.24. The Morgan fingerprint density at radius 2 is 2.29 bits per heavy atom. The average Bonchev–Trinajstić information content (AvgIpc) is 3.07. The van der Waals surface area contributed by atoms with Crippen LogP contribution < -0.4 is 5.73 Å². The number of nitrogens with two attached hydrogens (primary N) is 1. The third-order valence-electron chi connectivity index (χ3n) is 3.03. The highest BCUT2D eigenvalue weighted by atomic mass is 16.3. The predicted molar refractivity (Wildman–Crippen MR) is 64.0 cm³/mol. The molecular weight excluding hydrogens is 216 g/mol. The molecule has 0 radical (unpaired) electrons. The first kappa shape index (κ1) is 10.5. The average molecular weight is 230 g/mol. The number of nitrogens with zero attached hydrogens (tertiary/aromatic N) is 1. The van der Waals surface area contributed by atoms with Crippen molar-refractivity contribution in [3.63, 3.8) is 0 Å². The molecule has 2 N–H and O–H groups in total. The highest BCUT2D eigenvalue weighted by Gasteiger charge is 2.29. The molecule has 1 aromatic carbocycles. The lowest BCUT2D eigenvalue weighted by atomic mass is 10.1. The molecule has 1 aliphatic carbocycles. The van der Waals surface area contributed by atoms with E-state index in [0.29, 0.717) is 11.5 Å². The van der Waals surface area contributed by atoms with Crippen LogP contribution in [-0.2, 0) is 0 Å². The summed E-state index contributed by atoms with van der Waals surface area (Å²) in [5.74, 6) is 1.21. The number of aromatic nitrogens is 1. The van der Waals surface area contributed by atoms with Crippen molar-refractivity contribution >= 4 is 16.9 Å². The molecule has 0 bridgehead atoms. The standard InChI is InChI=1S/C13H14N2O2/c1-7(14)12(16)9-4-5-11-10(6-9)15-13(17-11)8-2-3-8/h4-8H,2-3,14H2,1H3. The lowest BCUT2D eigenvalue weighted by Crippen LogP contribution is -2.26. The molecule has 1 aromatic heterocycles. The van der Waals surface area contributed by atoms with E-state index >= 15 is 0 Å². The normalized spacial score (nSPS) is 17.3. The first-order chi connectivity index (χ1) is 8.15. The summed E-state index contributed by atoms with van der Waals surface area (Å²) in [4.78, 5) is 16.2. The van der Waals surface area contributed by atoms with Crippen LogP contribution in [0.5, 0.6) is 0 Å². The molecule has 1 aliphatic rings. The number of rotatable bonds is 3. The zero-order chi connectivity index (χ0) is 12.0. The lowest BCUT2D eigenvalue weighted by Gasteiger charge is -2.02. The molecular formula is C13H14N2O2. The van der Waals surface area contributed by atoms with Crippen molar-refractivity contribution in [3.05, 3.63) is 29.7 Å². The maximum atomic E-state index is 11.8. The molecule has 0 spiro atoms. The molecule has 2 aromatic rings. The zero-order valence-corrected chi connectivity index (χ0v) is 9.64. The van der Waals surface area contributed by atoms with Crippen molar-refractivity contribution in [2.75, 3.05) is 0 Å². The summed E-state index contributed by atoms with van der Waals surface area (Å²) >= 11 is 0. The first-order valence-corrected chi connectivity index (χ1v) is 5.85. The van der Waals surface area contributed by atoms with E-state index in [-0.39, 0.29) is 5.78 Å². The van der Waals surface area contributed by atoms with Gasteiger partial charge in [-0.2, -0.15) is 0 Å². The van der Waals surface area contributed by atoms with Crippen LogP contribution in [0.25, 0.3) is 11.1 Å². The van der Waals surface area contributed by atoms with Crippen LogP contribution in [0, 0.1) is 0 Å². The Balaban J connectivity index is 2.02. The van der Waals surface area contributed by atoms with Crippen molar-refractivity contribution in [1.29, 1.82) is 0 Å². The number of oxazole rings is 1. The maximum absolute atomic E-state index is 11.8. The quantitative estimate of drug-likeness (QED) is 0.821.